The largest absolute Gasteiger partial charge is 0.369 e. The Hall–Kier alpha value is -1.49. The summed E-state index contributed by atoms with van der Waals surface area (Å²) < 4.78 is 0. The molecule has 0 radical (unpaired) electrons. The molecule has 1 aromatic rings. The van der Waals surface area contributed by atoms with E-state index < -0.39 is 0 Å². The molecule has 2 nitrogen and oxygen atoms in total. The molecule has 1 saturated heterocycles. The lowest BCUT2D eigenvalue weighted by Crippen LogP contribution is -2.38. The molecule has 18 heavy (non-hydrogen) atoms. The van der Waals surface area contributed by atoms with E-state index in [4.69, 9.17) is 5.26 Å². The average Bonchev–Trinajstić information content (AvgIpc) is 3.23. The average molecular weight is 240 g/mol. The van der Waals surface area contributed by atoms with E-state index in [0.717, 1.165) is 5.56 Å². The normalized spacial score (nSPS) is 23.8. The van der Waals surface area contributed by atoms with Crippen LogP contribution in [0.25, 0.3) is 0 Å². The summed E-state index contributed by atoms with van der Waals surface area (Å²) in [6.45, 7) is 3.50. The van der Waals surface area contributed by atoms with Crippen LogP contribution < -0.4 is 4.90 Å². The molecule has 0 amide bonds. The molecule has 1 heterocycles. The van der Waals surface area contributed by atoms with Crippen molar-refractivity contribution in [2.24, 2.45) is 0 Å². The van der Waals surface area contributed by atoms with E-state index in [9.17, 15) is 0 Å². The molecule has 1 atom stereocenters. The molecule has 2 aliphatic rings. The van der Waals surface area contributed by atoms with Crippen molar-refractivity contribution in [3.63, 3.8) is 0 Å². The molecule has 0 spiro atoms. The van der Waals surface area contributed by atoms with Gasteiger partial charge in [-0.25, -0.2) is 0 Å². The van der Waals surface area contributed by atoms with Crippen LogP contribution in [-0.2, 0) is 0 Å². The number of benzene rings is 1. The number of nitrogens with zero attached hydrogens (tertiary/aromatic N) is 2. The summed E-state index contributed by atoms with van der Waals surface area (Å²) in [6, 6.07) is 9.18. The standard InChI is InChI=1S/C16H20N2/c1-12-4-2-3-9-18(12)16-8-5-13(11-17)10-15(16)14-6-7-14/h5,8,10,12,14H,2-4,6-7,9H2,1H3. The van der Waals surface area contributed by atoms with Crippen molar-refractivity contribution in [1.82, 2.24) is 0 Å². The maximum absolute atomic E-state index is 9.05. The van der Waals surface area contributed by atoms with E-state index in [-0.39, 0.29) is 0 Å². The lowest BCUT2D eigenvalue weighted by Gasteiger charge is -2.37. The van der Waals surface area contributed by atoms with Crippen LogP contribution >= 0.6 is 0 Å². The Bertz CT molecular complexity index is 482. The second kappa shape index (κ2) is 4.65. The third-order valence-electron chi connectivity index (χ3n) is 4.29. The molecule has 2 heteroatoms. The van der Waals surface area contributed by atoms with Gasteiger partial charge in [-0.1, -0.05) is 0 Å². The first kappa shape index (κ1) is 11.6. The molecule has 1 aromatic carbocycles. The fourth-order valence-corrected chi connectivity index (χ4v) is 3.06. The zero-order valence-electron chi connectivity index (χ0n) is 11.0. The van der Waals surface area contributed by atoms with Gasteiger partial charge in [-0.05, 0) is 68.7 Å². The van der Waals surface area contributed by atoms with Crippen molar-refractivity contribution in [1.29, 1.82) is 5.26 Å². The minimum Gasteiger partial charge on any atom is -0.369 e. The van der Waals surface area contributed by atoms with Crippen LogP contribution in [0.4, 0.5) is 5.69 Å². The fraction of sp³-hybridized carbons (Fsp3) is 0.562. The number of piperidine rings is 1. The summed E-state index contributed by atoms with van der Waals surface area (Å²) in [5.74, 6) is 0.711. The van der Waals surface area contributed by atoms with Gasteiger partial charge in [0.1, 0.15) is 0 Å². The number of anilines is 1. The van der Waals surface area contributed by atoms with Crippen molar-refractivity contribution in [2.45, 2.75) is 51.0 Å². The Labute approximate surface area is 109 Å². The molecule has 0 N–H and O–H groups in total. The van der Waals surface area contributed by atoms with Crippen molar-refractivity contribution in [3.05, 3.63) is 29.3 Å². The molecular weight excluding hydrogens is 220 g/mol. The van der Waals surface area contributed by atoms with Crippen LogP contribution in [0.3, 0.4) is 0 Å². The number of hydrogen-bond acceptors (Lipinski definition) is 2. The second-order valence-corrected chi connectivity index (χ2v) is 5.70. The quantitative estimate of drug-likeness (QED) is 0.786. The molecule has 94 valence electrons. The molecule has 3 rings (SSSR count). The van der Waals surface area contributed by atoms with Gasteiger partial charge in [0.25, 0.3) is 0 Å². The van der Waals surface area contributed by atoms with Gasteiger partial charge in [-0.15, -0.1) is 0 Å². The van der Waals surface area contributed by atoms with Crippen LogP contribution in [-0.4, -0.2) is 12.6 Å². The van der Waals surface area contributed by atoms with Gasteiger partial charge in [-0.2, -0.15) is 5.26 Å². The van der Waals surface area contributed by atoms with Gasteiger partial charge < -0.3 is 4.90 Å². The first-order chi connectivity index (χ1) is 8.79. The smallest absolute Gasteiger partial charge is 0.0991 e. The molecule has 0 aromatic heterocycles. The summed E-state index contributed by atoms with van der Waals surface area (Å²) >= 11 is 0. The Kier molecular flexibility index (Phi) is 2.99. The summed E-state index contributed by atoms with van der Waals surface area (Å²) in [5, 5.41) is 9.05. The third kappa shape index (κ3) is 2.10. The summed E-state index contributed by atoms with van der Waals surface area (Å²) in [6.07, 6.45) is 6.54. The minimum absolute atomic E-state index is 0.643. The third-order valence-corrected chi connectivity index (χ3v) is 4.29. The fourth-order valence-electron chi connectivity index (χ4n) is 3.06. The van der Waals surface area contributed by atoms with Crippen LogP contribution in [0.2, 0.25) is 0 Å². The predicted octanol–water partition coefficient (Wildman–Crippen LogP) is 3.81. The van der Waals surface area contributed by atoms with E-state index in [0.29, 0.717) is 12.0 Å². The monoisotopic (exact) mass is 240 g/mol. The van der Waals surface area contributed by atoms with Gasteiger partial charge >= 0.3 is 0 Å². The number of rotatable bonds is 2. The van der Waals surface area contributed by atoms with Gasteiger partial charge in [0.2, 0.25) is 0 Å². The van der Waals surface area contributed by atoms with E-state index >= 15 is 0 Å². The van der Waals surface area contributed by atoms with Crippen LogP contribution in [0, 0.1) is 11.3 Å². The molecule has 1 aliphatic carbocycles. The Balaban J connectivity index is 1.97. The van der Waals surface area contributed by atoms with Crippen molar-refractivity contribution < 1.29 is 0 Å². The highest BCUT2D eigenvalue weighted by atomic mass is 15.2. The van der Waals surface area contributed by atoms with Crippen LogP contribution in [0.5, 0.6) is 0 Å². The SMILES string of the molecule is CC1CCCCN1c1ccc(C#N)cc1C1CC1. The van der Waals surface area contributed by atoms with Gasteiger partial charge in [0.15, 0.2) is 0 Å². The summed E-state index contributed by atoms with van der Waals surface area (Å²) in [7, 11) is 0. The molecule has 2 fully saturated rings. The predicted molar refractivity (Wildman–Crippen MR) is 73.8 cm³/mol. The Morgan fingerprint density at radius 2 is 2.06 bits per heavy atom. The highest BCUT2D eigenvalue weighted by Gasteiger charge is 2.29. The van der Waals surface area contributed by atoms with E-state index in [2.05, 4.69) is 30.0 Å². The van der Waals surface area contributed by atoms with E-state index in [1.165, 1.54) is 49.9 Å². The Morgan fingerprint density at radius 1 is 1.22 bits per heavy atom. The first-order valence-corrected chi connectivity index (χ1v) is 7.10. The summed E-state index contributed by atoms with van der Waals surface area (Å²) in [5.41, 5.74) is 3.62. The molecule has 1 saturated carbocycles. The number of nitriles is 1. The van der Waals surface area contributed by atoms with Gasteiger partial charge in [0, 0.05) is 18.3 Å². The first-order valence-electron chi connectivity index (χ1n) is 7.10. The Morgan fingerprint density at radius 3 is 2.72 bits per heavy atom. The van der Waals surface area contributed by atoms with E-state index in [1.54, 1.807) is 0 Å². The zero-order valence-corrected chi connectivity index (χ0v) is 11.0. The second-order valence-electron chi connectivity index (χ2n) is 5.70. The maximum atomic E-state index is 9.05. The minimum atomic E-state index is 0.643. The summed E-state index contributed by atoms with van der Waals surface area (Å²) in [4.78, 5) is 2.55. The van der Waals surface area contributed by atoms with Gasteiger partial charge in [0.05, 0.1) is 11.6 Å². The zero-order chi connectivity index (χ0) is 12.5. The van der Waals surface area contributed by atoms with E-state index in [1.807, 2.05) is 6.07 Å². The maximum Gasteiger partial charge on any atom is 0.0991 e. The van der Waals surface area contributed by atoms with Gasteiger partial charge in [-0.3, -0.25) is 0 Å². The van der Waals surface area contributed by atoms with Crippen molar-refractivity contribution >= 4 is 5.69 Å². The molecule has 0 bridgehead atoms. The molecule has 1 aliphatic heterocycles. The topological polar surface area (TPSA) is 27.0 Å². The van der Waals surface area contributed by atoms with Crippen molar-refractivity contribution in [3.8, 4) is 6.07 Å². The van der Waals surface area contributed by atoms with Crippen molar-refractivity contribution in [2.75, 3.05) is 11.4 Å². The number of hydrogen-bond donors (Lipinski definition) is 0. The lowest BCUT2D eigenvalue weighted by molar-refractivity contribution is 0.484. The highest BCUT2D eigenvalue weighted by molar-refractivity contribution is 5.60. The molecular formula is C16H20N2. The molecule has 1 unspecified atom stereocenters. The van der Waals surface area contributed by atoms with Crippen LogP contribution in [0.15, 0.2) is 18.2 Å². The highest BCUT2D eigenvalue weighted by Crippen LogP contribution is 2.45. The lowest BCUT2D eigenvalue weighted by atomic mass is 9.98. The van der Waals surface area contributed by atoms with Crippen LogP contribution in [0.1, 0.15) is 56.1 Å².